The number of ketones is 1. The molecule has 0 bridgehead atoms. The zero-order valence-electron chi connectivity index (χ0n) is 10.7. The summed E-state index contributed by atoms with van der Waals surface area (Å²) in [5.41, 5.74) is 5.97. The molecule has 0 saturated carbocycles. The lowest BCUT2D eigenvalue weighted by Gasteiger charge is -2.09. The van der Waals surface area contributed by atoms with E-state index < -0.39 is 11.7 Å². The van der Waals surface area contributed by atoms with Gasteiger partial charge in [0.15, 0.2) is 5.78 Å². The third-order valence-electron chi connectivity index (χ3n) is 2.86. The number of nitrogens with two attached hydrogens (primary N) is 1. The van der Waals surface area contributed by atoms with Crippen LogP contribution in [0.3, 0.4) is 0 Å². The predicted molar refractivity (Wildman–Crippen MR) is 78.0 cm³/mol. The molecule has 110 valence electrons. The first-order valence-corrected chi connectivity index (χ1v) is 6.80. The fourth-order valence-corrected chi connectivity index (χ4v) is 2.43. The molecule has 0 fully saturated rings. The highest BCUT2D eigenvalue weighted by Crippen LogP contribution is 2.29. The molecule has 2 aromatic rings. The molecule has 0 radical (unpaired) electrons. The second-order valence-electron chi connectivity index (χ2n) is 4.57. The topological polar surface area (TPSA) is 43.1 Å². The molecule has 2 nitrogen and oxygen atoms in total. The Hall–Kier alpha value is -1.82. The van der Waals surface area contributed by atoms with Gasteiger partial charge in [0.2, 0.25) is 0 Å². The van der Waals surface area contributed by atoms with Gasteiger partial charge in [-0.15, -0.1) is 0 Å². The van der Waals surface area contributed by atoms with E-state index in [9.17, 15) is 18.0 Å². The molecule has 6 heteroatoms. The van der Waals surface area contributed by atoms with E-state index in [-0.39, 0.29) is 12.2 Å². The van der Waals surface area contributed by atoms with E-state index in [1.54, 1.807) is 12.1 Å². The molecule has 0 aromatic heterocycles. The lowest BCUT2D eigenvalue weighted by atomic mass is 10.0. The van der Waals surface area contributed by atoms with Crippen LogP contribution in [0.2, 0.25) is 0 Å². The first kappa shape index (κ1) is 15.6. The average Bonchev–Trinajstić information content (AvgIpc) is 2.37. The van der Waals surface area contributed by atoms with Crippen LogP contribution in [-0.4, -0.2) is 5.78 Å². The van der Waals surface area contributed by atoms with Crippen molar-refractivity contribution < 1.29 is 18.0 Å². The number of carbonyl (C=O) groups excluding carboxylic acids is 1. The maximum atomic E-state index is 12.6. The zero-order chi connectivity index (χ0) is 15.6. The minimum absolute atomic E-state index is 0.111. The van der Waals surface area contributed by atoms with Crippen LogP contribution in [0.5, 0.6) is 0 Å². The van der Waals surface area contributed by atoms with E-state index in [1.165, 1.54) is 18.2 Å². The molecule has 0 aliphatic carbocycles. The monoisotopic (exact) mass is 357 g/mol. The van der Waals surface area contributed by atoms with E-state index in [0.29, 0.717) is 21.3 Å². The normalized spacial score (nSPS) is 11.4. The minimum atomic E-state index is -4.42. The number of rotatable bonds is 3. The molecular formula is C15H11BrF3NO. The van der Waals surface area contributed by atoms with Crippen molar-refractivity contribution in [2.75, 3.05) is 5.73 Å². The predicted octanol–water partition coefficient (Wildman–Crippen LogP) is 4.48. The van der Waals surface area contributed by atoms with E-state index in [1.807, 2.05) is 0 Å². The molecular weight excluding hydrogens is 347 g/mol. The van der Waals surface area contributed by atoms with Gasteiger partial charge in [-0.05, 0) is 29.8 Å². The standard InChI is InChI=1S/C15H11BrF3NO/c16-12-6-10(7-13(20)8-12)14(21)5-9-2-1-3-11(4-9)15(17,18)19/h1-4,6-8H,5,20H2. The van der Waals surface area contributed by atoms with E-state index >= 15 is 0 Å². The Labute approximate surface area is 127 Å². The van der Waals surface area contributed by atoms with Gasteiger partial charge in [-0.2, -0.15) is 13.2 Å². The molecule has 0 spiro atoms. The van der Waals surface area contributed by atoms with Crippen LogP contribution in [-0.2, 0) is 12.6 Å². The van der Waals surface area contributed by atoms with Crippen LogP contribution >= 0.6 is 15.9 Å². The maximum Gasteiger partial charge on any atom is 0.416 e. The molecule has 0 aliphatic rings. The van der Waals surface area contributed by atoms with Crippen LogP contribution < -0.4 is 5.73 Å². The Kier molecular flexibility index (Phi) is 4.37. The smallest absolute Gasteiger partial charge is 0.399 e. The third kappa shape index (κ3) is 4.07. The Balaban J connectivity index is 2.23. The van der Waals surface area contributed by atoms with E-state index in [2.05, 4.69) is 15.9 Å². The first-order chi connectivity index (χ1) is 9.75. The highest BCUT2D eigenvalue weighted by molar-refractivity contribution is 9.10. The van der Waals surface area contributed by atoms with Gasteiger partial charge in [0, 0.05) is 22.1 Å². The number of alkyl halides is 3. The van der Waals surface area contributed by atoms with Crippen molar-refractivity contribution in [2.45, 2.75) is 12.6 Å². The second-order valence-corrected chi connectivity index (χ2v) is 5.49. The summed E-state index contributed by atoms with van der Waals surface area (Å²) >= 11 is 3.22. The van der Waals surface area contributed by atoms with Crippen molar-refractivity contribution in [2.24, 2.45) is 0 Å². The van der Waals surface area contributed by atoms with Crippen LogP contribution in [0.15, 0.2) is 46.9 Å². The maximum absolute atomic E-state index is 12.6. The average molecular weight is 358 g/mol. The second kappa shape index (κ2) is 5.89. The number of hydrogen-bond acceptors (Lipinski definition) is 2. The van der Waals surface area contributed by atoms with Crippen LogP contribution in [0, 0.1) is 0 Å². The summed E-state index contributed by atoms with van der Waals surface area (Å²) < 4.78 is 38.5. The number of carbonyl (C=O) groups is 1. The van der Waals surface area contributed by atoms with E-state index in [0.717, 1.165) is 12.1 Å². The first-order valence-electron chi connectivity index (χ1n) is 6.01. The number of Topliss-reactive ketones (excluding diaryl/α,β-unsaturated/α-hetero) is 1. The number of hydrogen-bond donors (Lipinski definition) is 1. The molecule has 0 unspecified atom stereocenters. The fourth-order valence-electron chi connectivity index (χ4n) is 1.92. The van der Waals surface area contributed by atoms with Crippen molar-refractivity contribution in [3.05, 3.63) is 63.6 Å². The van der Waals surface area contributed by atoms with Gasteiger partial charge >= 0.3 is 6.18 Å². The number of benzene rings is 2. The summed E-state index contributed by atoms with van der Waals surface area (Å²) in [6, 6.07) is 9.48. The van der Waals surface area contributed by atoms with Gasteiger partial charge in [0.25, 0.3) is 0 Å². The summed E-state index contributed by atoms with van der Waals surface area (Å²) in [7, 11) is 0. The van der Waals surface area contributed by atoms with Crippen LogP contribution in [0.25, 0.3) is 0 Å². The molecule has 0 aliphatic heterocycles. The van der Waals surface area contributed by atoms with Gasteiger partial charge in [0.05, 0.1) is 5.56 Å². The molecule has 0 heterocycles. The Morgan fingerprint density at radius 3 is 2.48 bits per heavy atom. The summed E-state index contributed by atoms with van der Waals surface area (Å²) in [4.78, 5) is 12.1. The van der Waals surface area contributed by atoms with Gasteiger partial charge in [-0.25, -0.2) is 0 Å². The Morgan fingerprint density at radius 2 is 1.86 bits per heavy atom. The molecule has 2 aromatic carbocycles. The number of halogens is 4. The Morgan fingerprint density at radius 1 is 1.14 bits per heavy atom. The van der Waals surface area contributed by atoms with Gasteiger partial charge in [-0.3, -0.25) is 4.79 Å². The lowest BCUT2D eigenvalue weighted by Crippen LogP contribution is -2.08. The molecule has 2 rings (SSSR count). The number of nitrogen functional groups attached to an aromatic ring is 1. The SMILES string of the molecule is Nc1cc(Br)cc(C(=O)Cc2cccc(C(F)(F)F)c2)c1. The van der Waals surface area contributed by atoms with Crippen LogP contribution in [0.4, 0.5) is 18.9 Å². The highest BCUT2D eigenvalue weighted by Gasteiger charge is 2.30. The van der Waals surface area contributed by atoms with Crippen molar-refractivity contribution in [3.63, 3.8) is 0 Å². The molecule has 21 heavy (non-hydrogen) atoms. The van der Waals surface area contributed by atoms with E-state index in [4.69, 9.17) is 5.73 Å². The minimum Gasteiger partial charge on any atom is -0.399 e. The molecule has 0 saturated heterocycles. The summed E-state index contributed by atoms with van der Waals surface area (Å²) in [5, 5.41) is 0. The largest absolute Gasteiger partial charge is 0.416 e. The summed E-state index contributed by atoms with van der Waals surface area (Å²) in [6.07, 6.45) is -4.53. The highest BCUT2D eigenvalue weighted by atomic mass is 79.9. The summed E-state index contributed by atoms with van der Waals surface area (Å²) in [6.45, 7) is 0. The van der Waals surface area contributed by atoms with Crippen molar-refractivity contribution in [3.8, 4) is 0 Å². The third-order valence-corrected chi connectivity index (χ3v) is 3.32. The van der Waals surface area contributed by atoms with Gasteiger partial charge in [0.1, 0.15) is 0 Å². The number of anilines is 1. The van der Waals surface area contributed by atoms with Crippen molar-refractivity contribution in [1.29, 1.82) is 0 Å². The molecule has 0 amide bonds. The zero-order valence-corrected chi connectivity index (χ0v) is 12.3. The quantitative estimate of drug-likeness (QED) is 0.650. The summed E-state index contributed by atoms with van der Waals surface area (Å²) in [5.74, 6) is -0.290. The fraction of sp³-hybridized carbons (Fsp3) is 0.133. The Bertz CT molecular complexity index is 663. The van der Waals surface area contributed by atoms with Crippen molar-refractivity contribution >= 4 is 27.4 Å². The van der Waals surface area contributed by atoms with Crippen molar-refractivity contribution in [1.82, 2.24) is 0 Å². The van der Waals surface area contributed by atoms with Gasteiger partial charge < -0.3 is 5.73 Å². The molecule has 2 N–H and O–H groups in total. The lowest BCUT2D eigenvalue weighted by molar-refractivity contribution is -0.137. The van der Waals surface area contributed by atoms with Gasteiger partial charge in [-0.1, -0.05) is 34.1 Å². The molecule has 0 atom stereocenters. The van der Waals surface area contributed by atoms with Crippen LogP contribution in [0.1, 0.15) is 21.5 Å².